The minimum atomic E-state index is -0.120. The molecule has 0 saturated carbocycles. The van der Waals surface area contributed by atoms with Crippen molar-refractivity contribution in [2.45, 2.75) is 18.5 Å². The van der Waals surface area contributed by atoms with Gasteiger partial charge >= 0.3 is 6.03 Å². The SMILES string of the molecule is O=C(NCc1ccoc1)NC[C@@]1(N2CCOCC2)CCSC1. The zero-order chi connectivity index (χ0) is 15.3. The Labute approximate surface area is 134 Å². The van der Waals surface area contributed by atoms with Crippen molar-refractivity contribution in [2.24, 2.45) is 0 Å². The van der Waals surface area contributed by atoms with E-state index in [1.54, 1.807) is 12.5 Å². The molecule has 1 aromatic heterocycles. The molecular weight excluding hydrogens is 302 g/mol. The summed E-state index contributed by atoms with van der Waals surface area (Å²) in [6, 6.07) is 1.73. The lowest BCUT2D eigenvalue weighted by Gasteiger charge is -2.43. The van der Waals surface area contributed by atoms with Gasteiger partial charge in [0.25, 0.3) is 0 Å². The molecule has 3 heterocycles. The summed E-state index contributed by atoms with van der Waals surface area (Å²) in [7, 11) is 0. The molecule has 7 heteroatoms. The van der Waals surface area contributed by atoms with Crippen LogP contribution in [0.3, 0.4) is 0 Å². The fraction of sp³-hybridized carbons (Fsp3) is 0.667. The molecule has 22 heavy (non-hydrogen) atoms. The van der Waals surface area contributed by atoms with E-state index in [4.69, 9.17) is 9.15 Å². The van der Waals surface area contributed by atoms with Gasteiger partial charge in [-0.15, -0.1) is 0 Å². The van der Waals surface area contributed by atoms with Crippen molar-refractivity contribution in [3.63, 3.8) is 0 Å². The van der Waals surface area contributed by atoms with E-state index in [-0.39, 0.29) is 11.6 Å². The Kier molecular flexibility index (Phi) is 5.28. The number of urea groups is 1. The van der Waals surface area contributed by atoms with Gasteiger partial charge in [-0.25, -0.2) is 4.79 Å². The van der Waals surface area contributed by atoms with Crippen LogP contribution in [-0.2, 0) is 11.3 Å². The van der Waals surface area contributed by atoms with Gasteiger partial charge < -0.3 is 19.8 Å². The lowest BCUT2D eigenvalue weighted by molar-refractivity contribution is -0.0124. The second-order valence-electron chi connectivity index (χ2n) is 5.79. The first kappa shape index (κ1) is 15.7. The number of carbonyl (C=O) groups is 1. The van der Waals surface area contributed by atoms with Gasteiger partial charge in [-0.2, -0.15) is 11.8 Å². The van der Waals surface area contributed by atoms with Crippen LogP contribution in [0.15, 0.2) is 23.0 Å². The number of amides is 2. The Hall–Kier alpha value is -1.18. The number of nitrogens with zero attached hydrogens (tertiary/aromatic N) is 1. The fourth-order valence-corrected chi connectivity index (χ4v) is 4.50. The molecule has 2 aliphatic rings. The predicted octanol–water partition coefficient (Wildman–Crippen LogP) is 1.29. The molecule has 2 fully saturated rings. The van der Waals surface area contributed by atoms with Crippen molar-refractivity contribution < 1.29 is 13.9 Å². The number of furan rings is 1. The maximum absolute atomic E-state index is 12.0. The number of hydrogen-bond donors (Lipinski definition) is 2. The monoisotopic (exact) mass is 325 g/mol. The molecule has 3 rings (SSSR count). The Morgan fingerprint density at radius 2 is 2.23 bits per heavy atom. The number of ether oxygens (including phenoxy) is 1. The lowest BCUT2D eigenvalue weighted by Crippen LogP contribution is -2.59. The number of hydrogen-bond acceptors (Lipinski definition) is 5. The van der Waals surface area contributed by atoms with E-state index in [9.17, 15) is 4.79 Å². The van der Waals surface area contributed by atoms with Gasteiger partial charge in [0.1, 0.15) is 0 Å². The summed E-state index contributed by atoms with van der Waals surface area (Å²) in [4.78, 5) is 14.5. The number of carbonyl (C=O) groups excluding carboxylic acids is 1. The molecule has 1 aromatic rings. The molecule has 0 aliphatic carbocycles. The van der Waals surface area contributed by atoms with Crippen LogP contribution in [0.1, 0.15) is 12.0 Å². The largest absolute Gasteiger partial charge is 0.472 e. The van der Waals surface area contributed by atoms with Crippen LogP contribution >= 0.6 is 11.8 Å². The van der Waals surface area contributed by atoms with E-state index in [0.29, 0.717) is 13.1 Å². The topological polar surface area (TPSA) is 66.7 Å². The number of thioether (sulfide) groups is 1. The molecular formula is C15H23N3O3S. The van der Waals surface area contributed by atoms with Crippen LogP contribution in [0.2, 0.25) is 0 Å². The maximum Gasteiger partial charge on any atom is 0.315 e. The normalized spacial score (nSPS) is 26.0. The molecule has 0 bridgehead atoms. The van der Waals surface area contributed by atoms with Crippen molar-refractivity contribution in [1.29, 1.82) is 0 Å². The summed E-state index contributed by atoms with van der Waals surface area (Å²) in [6.45, 7) is 4.68. The summed E-state index contributed by atoms with van der Waals surface area (Å²) in [6.07, 6.45) is 4.38. The molecule has 1 atom stereocenters. The second kappa shape index (κ2) is 7.39. The molecule has 2 aliphatic heterocycles. The highest BCUT2D eigenvalue weighted by Crippen LogP contribution is 2.33. The standard InChI is InChI=1S/C15H23N3O3S/c19-14(16-9-13-1-5-21-10-13)17-11-15(2-8-22-12-15)18-3-6-20-7-4-18/h1,5,10H,2-4,6-9,11-12H2,(H2,16,17,19)/t15-/m0/s1. The van der Waals surface area contributed by atoms with E-state index in [0.717, 1.165) is 49.8 Å². The quantitative estimate of drug-likeness (QED) is 0.854. The second-order valence-corrected chi connectivity index (χ2v) is 6.90. The van der Waals surface area contributed by atoms with Crippen LogP contribution in [0.4, 0.5) is 4.79 Å². The van der Waals surface area contributed by atoms with Gasteiger partial charge in [-0.05, 0) is 18.2 Å². The molecule has 0 spiro atoms. The van der Waals surface area contributed by atoms with E-state index >= 15 is 0 Å². The lowest BCUT2D eigenvalue weighted by atomic mass is 9.95. The van der Waals surface area contributed by atoms with E-state index in [2.05, 4.69) is 15.5 Å². The van der Waals surface area contributed by atoms with E-state index < -0.39 is 0 Å². The highest BCUT2D eigenvalue weighted by molar-refractivity contribution is 7.99. The third-order valence-electron chi connectivity index (χ3n) is 4.38. The highest BCUT2D eigenvalue weighted by Gasteiger charge is 2.40. The van der Waals surface area contributed by atoms with Crippen LogP contribution in [0.25, 0.3) is 0 Å². The van der Waals surface area contributed by atoms with Crippen molar-refractivity contribution in [1.82, 2.24) is 15.5 Å². The summed E-state index contributed by atoms with van der Waals surface area (Å²) in [5.74, 6) is 2.24. The van der Waals surface area contributed by atoms with E-state index in [1.807, 2.05) is 17.8 Å². The van der Waals surface area contributed by atoms with Gasteiger partial charge in [0.2, 0.25) is 0 Å². The number of rotatable bonds is 5. The average Bonchev–Trinajstić information content (AvgIpc) is 3.24. The third-order valence-corrected chi connectivity index (χ3v) is 5.61. The molecule has 0 unspecified atom stereocenters. The smallest absolute Gasteiger partial charge is 0.315 e. The number of nitrogens with one attached hydrogen (secondary N) is 2. The predicted molar refractivity (Wildman–Crippen MR) is 86.0 cm³/mol. The molecule has 6 nitrogen and oxygen atoms in total. The van der Waals surface area contributed by atoms with Gasteiger partial charge in [-0.3, -0.25) is 4.90 Å². The molecule has 0 aromatic carbocycles. The molecule has 2 amide bonds. The van der Waals surface area contributed by atoms with Gasteiger partial charge in [0, 0.05) is 43.0 Å². The van der Waals surface area contributed by atoms with Gasteiger partial charge in [0.05, 0.1) is 25.7 Å². The van der Waals surface area contributed by atoms with Crippen molar-refractivity contribution in [2.75, 3.05) is 44.4 Å². The summed E-state index contributed by atoms with van der Waals surface area (Å²) in [5, 5.41) is 5.92. The summed E-state index contributed by atoms with van der Waals surface area (Å²) >= 11 is 1.97. The molecule has 0 radical (unpaired) electrons. The Bertz CT molecular complexity index is 468. The average molecular weight is 325 g/mol. The molecule has 122 valence electrons. The number of morpholine rings is 1. The minimum Gasteiger partial charge on any atom is -0.472 e. The Balaban J connectivity index is 1.49. The molecule has 2 saturated heterocycles. The Morgan fingerprint density at radius 3 is 2.91 bits per heavy atom. The fourth-order valence-electron chi connectivity index (χ4n) is 3.02. The van der Waals surface area contributed by atoms with Gasteiger partial charge in [-0.1, -0.05) is 0 Å². The summed E-state index contributed by atoms with van der Waals surface area (Å²) < 4.78 is 10.4. The van der Waals surface area contributed by atoms with Crippen LogP contribution < -0.4 is 10.6 Å². The first-order valence-corrected chi connectivity index (χ1v) is 8.87. The molecule has 2 N–H and O–H groups in total. The van der Waals surface area contributed by atoms with Crippen LogP contribution in [0.5, 0.6) is 0 Å². The van der Waals surface area contributed by atoms with Crippen LogP contribution in [0, 0.1) is 0 Å². The first-order valence-electron chi connectivity index (χ1n) is 7.72. The summed E-state index contributed by atoms with van der Waals surface area (Å²) in [5.41, 5.74) is 1.05. The minimum absolute atomic E-state index is 0.0847. The highest BCUT2D eigenvalue weighted by atomic mass is 32.2. The zero-order valence-corrected chi connectivity index (χ0v) is 13.5. The van der Waals surface area contributed by atoms with Crippen LogP contribution in [-0.4, -0.2) is 60.8 Å². The zero-order valence-electron chi connectivity index (χ0n) is 12.7. The van der Waals surface area contributed by atoms with Gasteiger partial charge in [0.15, 0.2) is 0 Å². The van der Waals surface area contributed by atoms with Crippen molar-refractivity contribution in [3.8, 4) is 0 Å². The first-order chi connectivity index (χ1) is 10.8. The Morgan fingerprint density at radius 1 is 1.36 bits per heavy atom. The van der Waals surface area contributed by atoms with E-state index in [1.165, 1.54) is 0 Å². The maximum atomic E-state index is 12.0. The third kappa shape index (κ3) is 3.77. The van der Waals surface area contributed by atoms with Crippen molar-refractivity contribution in [3.05, 3.63) is 24.2 Å². The van der Waals surface area contributed by atoms with Crippen molar-refractivity contribution >= 4 is 17.8 Å².